The second kappa shape index (κ2) is 8.28. The number of aliphatic carboxylic acids is 2. The molecule has 0 bridgehead atoms. The Morgan fingerprint density at radius 1 is 1.09 bits per heavy atom. The van der Waals surface area contributed by atoms with Crippen molar-refractivity contribution in [3.63, 3.8) is 0 Å². The van der Waals surface area contributed by atoms with Crippen LogP contribution in [0.1, 0.15) is 36.6 Å². The molecule has 1 aromatic rings. The van der Waals surface area contributed by atoms with Crippen LogP contribution in [0.4, 0.5) is 0 Å². The third kappa shape index (κ3) is 4.79. The van der Waals surface area contributed by atoms with E-state index in [-0.39, 0.29) is 0 Å². The topological polar surface area (TPSA) is 121 Å². The highest BCUT2D eigenvalue weighted by atomic mass is 16.4. The van der Waals surface area contributed by atoms with Gasteiger partial charge in [-0.3, -0.25) is 19.3 Å². The fourth-order valence-corrected chi connectivity index (χ4v) is 2.71. The lowest BCUT2D eigenvalue weighted by Gasteiger charge is -2.29. The molecule has 1 amide bonds. The van der Waals surface area contributed by atoms with Crippen LogP contribution >= 0.6 is 0 Å². The van der Waals surface area contributed by atoms with Crippen molar-refractivity contribution in [1.29, 1.82) is 0 Å². The molecular formula is C16H22N2O5. The number of amides is 1. The minimum atomic E-state index is -1.23. The van der Waals surface area contributed by atoms with E-state index in [1.54, 1.807) is 0 Å². The predicted molar refractivity (Wildman–Crippen MR) is 84.0 cm³/mol. The SMILES string of the molecule is CCc1cccc(CC)c1C(C(=O)O)N(CC(N)=O)CC(=O)O. The summed E-state index contributed by atoms with van der Waals surface area (Å²) < 4.78 is 0. The average molecular weight is 322 g/mol. The number of primary amides is 1. The molecule has 1 rings (SSSR count). The van der Waals surface area contributed by atoms with Gasteiger partial charge < -0.3 is 15.9 Å². The number of nitrogens with zero attached hydrogens (tertiary/aromatic N) is 1. The van der Waals surface area contributed by atoms with Gasteiger partial charge in [-0.25, -0.2) is 0 Å². The third-order valence-electron chi connectivity index (χ3n) is 3.62. The molecule has 23 heavy (non-hydrogen) atoms. The van der Waals surface area contributed by atoms with Crippen LogP contribution in [0.3, 0.4) is 0 Å². The molecule has 0 radical (unpaired) electrons. The van der Waals surface area contributed by atoms with E-state index in [1.807, 2.05) is 32.0 Å². The van der Waals surface area contributed by atoms with Gasteiger partial charge in [0.2, 0.25) is 5.91 Å². The summed E-state index contributed by atoms with van der Waals surface area (Å²) in [6, 6.07) is 4.24. The zero-order valence-electron chi connectivity index (χ0n) is 13.3. The number of carbonyl (C=O) groups is 3. The first-order valence-corrected chi connectivity index (χ1v) is 7.39. The number of nitrogens with two attached hydrogens (primary N) is 1. The maximum atomic E-state index is 11.9. The number of carboxylic acid groups (broad SMARTS) is 2. The van der Waals surface area contributed by atoms with Crippen LogP contribution in [0, 0.1) is 0 Å². The monoisotopic (exact) mass is 322 g/mol. The maximum Gasteiger partial charge on any atom is 0.325 e. The Bertz CT molecular complexity index is 562. The largest absolute Gasteiger partial charge is 0.480 e. The van der Waals surface area contributed by atoms with Gasteiger partial charge in [0.1, 0.15) is 6.04 Å². The molecule has 1 aromatic carbocycles. The van der Waals surface area contributed by atoms with Gasteiger partial charge in [-0.05, 0) is 29.5 Å². The van der Waals surface area contributed by atoms with Gasteiger partial charge in [-0.1, -0.05) is 32.0 Å². The summed E-state index contributed by atoms with van der Waals surface area (Å²) in [6.45, 7) is 2.77. The lowest BCUT2D eigenvalue weighted by Crippen LogP contribution is -2.43. The molecule has 7 nitrogen and oxygen atoms in total. The van der Waals surface area contributed by atoms with Crippen LogP contribution in [0.5, 0.6) is 0 Å². The van der Waals surface area contributed by atoms with E-state index in [0.29, 0.717) is 18.4 Å². The lowest BCUT2D eigenvalue weighted by atomic mass is 9.91. The molecule has 7 heteroatoms. The second-order valence-electron chi connectivity index (χ2n) is 5.20. The summed E-state index contributed by atoms with van der Waals surface area (Å²) in [5.74, 6) is -3.20. The van der Waals surface area contributed by atoms with E-state index in [0.717, 1.165) is 16.0 Å². The van der Waals surface area contributed by atoms with Crippen molar-refractivity contribution in [3.8, 4) is 0 Å². The quantitative estimate of drug-likeness (QED) is 0.618. The van der Waals surface area contributed by atoms with Crippen molar-refractivity contribution in [2.24, 2.45) is 5.73 Å². The zero-order chi connectivity index (χ0) is 17.6. The van der Waals surface area contributed by atoms with E-state index in [2.05, 4.69) is 0 Å². The Morgan fingerprint density at radius 3 is 1.96 bits per heavy atom. The van der Waals surface area contributed by atoms with E-state index < -0.39 is 37.0 Å². The average Bonchev–Trinajstić information content (AvgIpc) is 2.45. The van der Waals surface area contributed by atoms with Gasteiger partial charge >= 0.3 is 11.9 Å². The summed E-state index contributed by atoms with van der Waals surface area (Å²) in [5, 5.41) is 18.7. The van der Waals surface area contributed by atoms with Crippen molar-refractivity contribution >= 4 is 17.8 Å². The van der Waals surface area contributed by atoms with Crippen molar-refractivity contribution in [2.45, 2.75) is 32.7 Å². The molecule has 0 aliphatic heterocycles. The van der Waals surface area contributed by atoms with Gasteiger partial charge in [-0.2, -0.15) is 0 Å². The molecule has 126 valence electrons. The van der Waals surface area contributed by atoms with Crippen molar-refractivity contribution in [1.82, 2.24) is 4.90 Å². The Hall–Kier alpha value is -2.41. The third-order valence-corrected chi connectivity index (χ3v) is 3.62. The maximum absolute atomic E-state index is 11.9. The first kappa shape index (κ1) is 18.6. The molecule has 0 fully saturated rings. The fourth-order valence-electron chi connectivity index (χ4n) is 2.71. The van der Waals surface area contributed by atoms with Crippen LogP contribution in [-0.4, -0.2) is 46.0 Å². The smallest absolute Gasteiger partial charge is 0.325 e. The molecule has 0 saturated heterocycles. The Labute approximate surface area is 134 Å². The first-order chi connectivity index (χ1) is 10.8. The number of carbonyl (C=O) groups excluding carboxylic acids is 1. The highest BCUT2D eigenvalue weighted by Crippen LogP contribution is 2.29. The second-order valence-corrected chi connectivity index (χ2v) is 5.20. The first-order valence-electron chi connectivity index (χ1n) is 7.39. The predicted octanol–water partition coefficient (Wildman–Crippen LogP) is 0.809. The van der Waals surface area contributed by atoms with Crippen LogP contribution in [0.15, 0.2) is 18.2 Å². The lowest BCUT2D eigenvalue weighted by molar-refractivity contribution is -0.147. The zero-order valence-corrected chi connectivity index (χ0v) is 13.3. The summed E-state index contributed by atoms with van der Waals surface area (Å²) in [5.41, 5.74) is 7.34. The van der Waals surface area contributed by atoms with Crippen molar-refractivity contribution in [2.75, 3.05) is 13.1 Å². The summed E-state index contributed by atoms with van der Waals surface area (Å²) in [7, 11) is 0. The van der Waals surface area contributed by atoms with Crippen molar-refractivity contribution < 1.29 is 24.6 Å². The summed E-state index contributed by atoms with van der Waals surface area (Å²) >= 11 is 0. The molecule has 1 unspecified atom stereocenters. The number of carboxylic acids is 2. The standard InChI is InChI=1S/C16H22N2O5/c1-3-10-6-5-7-11(4-2)14(10)15(16(22)23)18(8-12(17)19)9-13(20)21/h5-7,15H,3-4,8-9H2,1-2H3,(H2,17,19)(H,20,21)(H,22,23). The molecule has 0 heterocycles. The van der Waals surface area contributed by atoms with Crippen LogP contribution in [0.2, 0.25) is 0 Å². The minimum absolute atomic E-state index is 0.440. The molecular weight excluding hydrogens is 300 g/mol. The van der Waals surface area contributed by atoms with Gasteiger partial charge in [-0.15, -0.1) is 0 Å². The highest BCUT2D eigenvalue weighted by molar-refractivity contribution is 5.81. The Balaban J connectivity index is 3.46. The van der Waals surface area contributed by atoms with E-state index in [9.17, 15) is 19.5 Å². The number of hydrogen-bond acceptors (Lipinski definition) is 4. The summed E-state index contributed by atoms with van der Waals surface area (Å²) in [6.07, 6.45) is 1.20. The molecule has 1 atom stereocenters. The van der Waals surface area contributed by atoms with E-state index in [4.69, 9.17) is 10.8 Å². The minimum Gasteiger partial charge on any atom is -0.480 e. The van der Waals surface area contributed by atoms with Gasteiger partial charge in [0, 0.05) is 0 Å². The molecule has 0 saturated carbocycles. The Morgan fingerprint density at radius 2 is 1.61 bits per heavy atom. The van der Waals surface area contributed by atoms with Crippen LogP contribution in [-0.2, 0) is 27.2 Å². The van der Waals surface area contributed by atoms with Gasteiger partial charge in [0.05, 0.1) is 13.1 Å². The number of aryl methyl sites for hydroxylation is 2. The highest BCUT2D eigenvalue weighted by Gasteiger charge is 2.32. The van der Waals surface area contributed by atoms with E-state index >= 15 is 0 Å². The number of hydrogen-bond donors (Lipinski definition) is 3. The number of rotatable bonds is 9. The molecule has 0 aromatic heterocycles. The van der Waals surface area contributed by atoms with Crippen molar-refractivity contribution in [3.05, 3.63) is 34.9 Å². The fraction of sp³-hybridized carbons (Fsp3) is 0.438. The normalized spacial score (nSPS) is 12.1. The van der Waals surface area contributed by atoms with E-state index in [1.165, 1.54) is 0 Å². The van der Waals surface area contributed by atoms with Gasteiger partial charge in [0.15, 0.2) is 0 Å². The Kier molecular flexibility index (Phi) is 6.71. The molecule has 0 spiro atoms. The molecule has 0 aliphatic carbocycles. The molecule has 0 aliphatic rings. The van der Waals surface area contributed by atoms with Gasteiger partial charge in [0.25, 0.3) is 0 Å². The van der Waals surface area contributed by atoms with Crippen LogP contribution < -0.4 is 5.73 Å². The van der Waals surface area contributed by atoms with Crippen LogP contribution in [0.25, 0.3) is 0 Å². The molecule has 4 N–H and O–H groups in total. The number of benzene rings is 1. The summed E-state index contributed by atoms with van der Waals surface area (Å²) in [4.78, 5) is 35.3.